The first kappa shape index (κ1) is 40.5. The van der Waals surface area contributed by atoms with Gasteiger partial charge in [-0.2, -0.15) is 14.7 Å². The van der Waals surface area contributed by atoms with E-state index in [9.17, 15) is 36.8 Å². The van der Waals surface area contributed by atoms with Crippen LogP contribution in [-0.4, -0.2) is 89.7 Å². The van der Waals surface area contributed by atoms with E-state index in [2.05, 4.69) is 10.2 Å². The van der Waals surface area contributed by atoms with Crippen LogP contribution in [0.3, 0.4) is 0 Å². The molecule has 1 heterocycles. The number of hydrogen-bond acceptors (Lipinski definition) is 13. The molecule has 48 heavy (non-hydrogen) atoms. The molecule has 0 aliphatic carbocycles. The van der Waals surface area contributed by atoms with Crippen LogP contribution in [0.5, 0.6) is 5.88 Å². The number of nitrogens with zero attached hydrogens (tertiary/aromatic N) is 5. The number of sulfone groups is 1. The smallest absolute Gasteiger partial charge is 0.321 e. The number of aromatic hydroxyl groups is 1. The summed E-state index contributed by atoms with van der Waals surface area (Å²) in [6.07, 6.45) is 1.89. The van der Waals surface area contributed by atoms with Gasteiger partial charge >= 0.3 is 5.97 Å². The van der Waals surface area contributed by atoms with Gasteiger partial charge in [-0.1, -0.05) is 33.6 Å². The molecular weight excluding hydrogens is 667 g/mol. The summed E-state index contributed by atoms with van der Waals surface area (Å²) in [7, 11) is -6.07. The standard InChI is InChI=1S/C31H45N5O10S2/c1-8-21(4)36-30(38)27(18-32)22(5)29(31(36)39)34-33-24-15-25(47(40,41)20-28(37)46-19-23(9-2)10-3)17-26(16-24)48(42,43)35(11-13-44-6)12-14-45-7/h15-17,21,23,39H,8-14,19-20H2,1-7H3/b34-33+. The molecule has 1 N–H and O–H groups in total. The van der Waals surface area contributed by atoms with E-state index in [1.807, 2.05) is 19.9 Å². The lowest BCUT2D eigenvalue weighted by atomic mass is 10.1. The minimum Gasteiger partial charge on any atom is -0.493 e. The average molecular weight is 712 g/mol. The van der Waals surface area contributed by atoms with Crippen molar-refractivity contribution in [2.75, 3.05) is 52.9 Å². The van der Waals surface area contributed by atoms with Gasteiger partial charge in [0.2, 0.25) is 15.9 Å². The average Bonchev–Trinajstić information content (AvgIpc) is 3.04. The molecule has 0 amide bonds. The van der Waals surface area contributed by atoms with Crippen LogP contribution < -0.4 is 5.56 Å². The first-order valence-corrected chi connectivity index (χ1v) is 18.5. The molecule has 0 radical (unpaired) electrons. The highest BCUT2D eigenvalue weighted by Crippen LogP contribution is 2.35. The van der Waals surface area contributed by atoms with E-state index in [4.69, 9.17) is 14.2 Å². The molecule has 0 bridgehead atoms. The van der Waals surface area contributed by atoms with Crippen molar-refractivity contribution in [3.63, 3.8) is 0 Å². The number of esters is 1. The predicted octanol–water partition coefficient (Wildman–Crippen LogP) is 4.16. The van der Waals surface area contributed by atoms with E-state index in [0.717, 1.165) is 39.9 Å². The number of carbonyl (C=O) groups excluding carboxylic acids is 1. The third-order valence-corrected chi connectivity index (χ3v) is 11.4. The Morgan fingerprint density at radius 1 is 1.00 bits per heavy atom. The van der Waals surface area contributed by atoms with Gasteiger partial charge in [-0.05, 0) is 44.4 Å². The van der Waals surface area contributed by atoms with Gasteiger partial charge in [0.15, 0.2) is 21.3 Å². The molecule has 2 aromatic rings. The number of methoxy groups -OCH3 is 2. The number of benzene rings is 1. The highest BCUT2D eigenvalue weighted by atomic mass is 32.2. The fourth-order valence-electron chi connectivity index (χ4n) is 4.57. The van der Waals surface area contributed by atoms with E-state index in [0.29, 0.717) is 6.42 Å². The lowest BCUT2D eigenvalue weighted by Gasteiger charge is -2.22. The minimum atomic E-state index is -4.47. The number of sulfonamides is 1. The SMILES string of the molecule is CCC(CC)COC(=O)CS(=O)(=O)c1cc(/N=N/c2c(C)c(C#N)c(=O)n(C(C)CC)c2O)cc(S(=O)(=O)N(CCOC)CCOC)c1. The molecule has 0 saturated heterocycles. The highest BCUT2D eigenvalue weighted by molar-refractivity contribution is 7.92. The number of carbonyl (C=O) groups is 1. The largest absolute Gasteiger partial charge is 0.493 e. The van der Waals surface area contributed by atoms with Gasteiger partial charge in [0.1, 0.15) is 11.6 Å². The molecule has 0 aliphatic rings. The van der Waals surface area contributed by atoms with Gasteiger partial charge in [-0.3, -0.25) is 14.2 Å². The number of nitriles is 1. The van der Waals surface area contributed by atoms with Crippen LogP contribution in [0.15, 0.2) is 43.0 Å². The van der Waals surface area contributed by atoms with Crippen LogP contribution in [0.4, 0.5) is 11.4 Å². The van der Waals surface area contributed by atoms with Crippen molar-refractivity contribution in [1.82, 2.24) is 8.87 Å². The van der Waals surface area contributed by atoms with Crippen molar-refractivity contribution in [1.29, 1.82) is 5.26 Å². The molecule has 0 saturated carbocycles. The Bertz CT molecular complexity index is 1770. The molecule has 1 aromatic heterocycles. The second kappa shape index (κ2) is 18.2. The summed E-state index contributed by atoms with van der Waals surface area (Å²) in [6, 6.07) is 4.34. The van der Waals surface area contributed by atoms with Crippen LogP contribution in [0.2, 0.25) is 0 Å². The Balaban J connectivity index is 2.78. The van der Waals surface area contributed by atoms with Crippen molar-refractivity contribution in [2.45, 2.75) is 69.7 Å². The van der Waals surface area contributed by atoms with Crippen molar-refractivity contribution in [3.8, 4) is 11.9 Å². The normalized spacial score (nSPS) is 12.9. The summed E-state index contributed by atoms with van der Waals surface area (Å²) in [4.78, 5) is 24.5. The quantitative estimate of drug-likeness (QED) is 0.162. The number of hydrogen-bond donors (Lipinski definition) is 1. The maximum Gasteiger partial charge on any atom is 0.321 e. The van der Waals surface area contributed by atoms with Gasteiger partial charge in [0, 0.05) is 38.9 Å². The Morgan fingerprint density at radius 2 is 1.58 bits per heavy atom. The van der Waals surface area contributed by atoms with E-state index in [-0.39, 0.29) is 61.3 Å². The number of aromatic nitrogens is 1. The zero-order valence-corrected chi connectivity index (χ0v) is 30.1. The molecular formula is C31H45N5O10S2. The van der Waals surface area contributed by atoms with Crippen LogP contribution in [-0.2, 0) is 38.9 Å². The molecule has 2 rings (SSSR count). The summed E-state index contributed by atoms with van der Waals surface area (Å²) in [5, 5.41) is 28.8. The third kappa shape index (κ3) is 9.92. The van der Waals surface area contributed by atoms with E-state index in [1.54, 1.807) is 13.8 Å². The summed E-state index contributed by atoms with van der Waals surface area (Å²) >= 11 is 0. The molecule has 1 unspecified atom stereocenters. The van der Waals surface area contributed by atoms with Crippen molar-refractivity contribution in [2.24, 2.45) is 16.1 Å². The zero-order chi connectivity index (χ0) is 36.2. The summed E-state index contributed by atoms with van der Waals surface area (Å²) in [5.41, 5.74) is -1.48. The van der Waals surface area contributed by atoms with Crippen LogP contribution in [0.1, 0.15) is 64.1 Å². The lowest BCUT2D eigenvalue weighted by Crippen LogP contribution is -2.36. The summed E-state index contributed by atoms with van der Waals surface area (Å²) in [5.74, 6) is -2.58. The van der Waals surface area contributed by atoms with E-state index < -0.39 is 58.9 Å². The van der Waals surface area contributed by atoms with E-state index in [1.165, 1.54) is 21.1 Å². The van der Waals surface area contributed by atoms with Gasteiger partial charge in [0.05, 0.1) is 35.3 Å². The first-order valence-electron chi connectivity index (χ1n) is 15.4. The van der Waals surface area contributed by atoms with Gasteiger partial charge in [0.25, 0.3) is 5.56 Å². The van der Waals surface area contributed by atoms with Crippen molar-refractivity contribution >= 4 is 37.2 Å². The van der Waals surface area contributed by atoms with Gasteiger partial charge in [-0.25, -0.2) is 16.8 Å². The number of rotatable bonds is 19. The first-order chi connectivity index (χ1) is 22.6. The maximum atomic E-state index is 13.8. The second-order valence-electron chi connectivity index (χ2n) is 11.1. The highest BCUT2D eigenvalue weighted by Gasteiger charge is 2.29. The Morgan fingerprint density at radius 3 is 2.10 bits per heavy atom. The topological polar surface area (TPSA) is 207 Å². The minimum absolute atomic E-state index is 0.0189. The predicted molar refractivity (Wildman–Crippen MR) is 177 cm³/mol. The number of pyridine rings is 1. The van der Waals surface area contributed by atoms with Gasteiger partial charge in [-0.15, -0.1) is 5.11 Å². The molecule has 1 aromatic carbocycles. The summed E-state index contributed by atoms with van der Waals surface area (Å²) < 4.78 is 72.0. The second-order valence-corrected chi connectivity index (χ2v) is 15.0. The molecule has 15 nitrogen and oxygen atoms in total. The molecule has 1 atom stereocenters. The van der Waals surface area contributed by atoms with Crippen LogP contribution in [0.25, 0.3) is 0 Å². The maximum absolute atomic E-state index is 13.8. The fourth-order valence-corrected chi connectivity index (χ4v) is 7.29. The molecule has 17 heteroatoms. The Kier molecular flexibility index (Phi) is 15.3. The molecule has 266 valence electrons. The Hall–Kier alpha value is -3.69. The van der Waals surface area contributed by atoms with Crippen LogP contribution >= 0.6 is 0 Å². The van der Waals surface area contributed by atoms with E-state index >= 15 is 0 Å². The summed E-state index contributed by atoms with van der Waals surface area (Å²) in [6.45, 7) is 8.61. The molecule has 0 fully saturated rings. The monoisotopic (exact) mass is 711 g/mol. The lowest BCUT2D eigenvalue weighted by molar-refractivity contribution is -0.141. The molecule has 0 spiro atoms. The van der Waals surface area contributed by atoms with Crippen molar-refractivity contribution < 1.29 is 40.9 Å². The number of azo groups is 1. The third-order valence-electron chi connectivity index (χ3n) is 7.91. The fraction of sp³-hybridized carbons (Fsp3) is 0.581. The Labute approximate surface area is 282 Å². The van der Waals surface area contributed by atoms with Gasteiger partial charge < -0.3 is 19.3 Å². The van der Waals surface area contributed by atoms with Crippen LogP contribution in [0, 0.1) is 24.2 Å². The zero-order valence-electron chi connectivity index (χ0n) is 28.4. The van der Waals surface area contributed by atoms with Crippen molar-refractivity contribution in [3.05, 3.63) is 39.7 Å². The molecule has 0 aliphatic heterocycles. The number of ether oxygens (including phenoxy) is 3.